The van der Waals surface area contributed by atoms with E-state index in [2.05, 4.69) is 9.88 Å². The maximum atomic E-state index is 10.8. The molecule has 1 fully saturated rings. The predicted molar refractivity (Wildman–Crippen MR) is 57.7 cm³/mol. The largest absolute Gasteiger partial charge is 0.477 e. The molecule has 1 aliphatic heterocycles. The van der Waals surface area contributed by atoms with Gasteiger partial charge in [-0.3, -0.25) is 0 Å². The van der Waals surface area contributed by atoms with Crippen LogP contribution in [0, 0.1) is 0 Å². The first kappa shape index (κ1) is 10.2. The molecule has 0 aliphatic carbocycles. The van der Waals surface area contributed by atoms with E-state index in [0.29, 0.717) is 5.02 Å². The Morgan fingerprint density at radius 3 is 2.73 bits per heavy atom. The molecule has 0 radical (unpaired) electrons. The maximum absolute atomic E-state index is 10.8. The van der Waals surface area contributed by atoms with Crippen LogP contribution < -0.4 is 4.90 Å². The quantitative estimate of drug-likeness (QED) is 0.839. The van der Waals surface area contributed by atoms with Crippen LogP contribution >= 0.6 is 11.6 Å². The number of hydrogen-bond donors (Lipinski definition) is 1. The summed E-state index contributed by atoms with van der Waals surface area (Å²) in [6, 6.07) is 1.54. The monoisotopic (exact) mass is 226 g/mol. The van der Waals surface area contributed by atoms with Crippen molar-refractivity contribution < 1.29 is 9.90 Å². The van der Waals surface area contributed by atoms with Gasteiger partial charge in [-0.25, -0.2) is 9.78 Å². The molecule has 0 saturated carbocycles. The molecule has 2 rings (SSSR count). The first-order valence-corrected chi connectivity index (χ1v) is 5.20. The minimum absolute atomic E-state index is 0.0429. The summed E-state index contributed by atoms with van der Waals surface area (Å²) >= 11 is 5.98. The molecule has 0 aromatic carbocycles. The fraction of sp³-hybridized carbons (Fsp3) is 0.400. The van der Waals surface area contributed by atoms with E-state index in [1.165, 1.54) is 12.3 Å². The molecule has 0 spiro atoms. The molecule has 80 valence electrons. The lowest BCUT2D eigenvalue weighted by Crippen LogP contribution is -2.18. The highest BCUT2D eigenvalue weighted by molar-refractivity contribution is 6.33. The average Bonchev–Trinajstić information content (AvgIpc) is 2.71. The highest BCUT2D eigenvalue weighted by Crippen LogP contribution is 2.28. The number of nitrogens with zero attached hydrogens (tertiary/aromatic N) is 2. The number of carbonyl (C=O) groups is 1. The van der Waals surface area contributed by atoms with Crippen molar-refractivity contribution in [1.82, 2.24) is 4.98 Å². The lowest BCUT2D eigenvalue weighted by molar-refractivity contribution is 0.0690. The fourth-order valence-corrected chi connectivity index (χ4v) is 1.97. The van der Waals surface area contributed by atoms with Gasteiger partial charge in [-0.15, -0.1) is 0 Å². The molecule has 15 heavy (non-hydrogen) atoms. The van der Waals surface area contributed by atoms with E-state index in [0.717, 1.165) is 31.6 Å². The zero-order valence-electron chi connectivity index (χ0n) is 8.11. The van der Waals surface area contributed by atoms with Crippen molar-refractivity contribution in [3.63, 3.8) is 0 Å². The van der Waals surface area contributed by atoms with E-state index in [1.807, 2.05) is 0 Å². The summed E-state index contributed by atoms with van der Waals surface area (Å²) in [4.78, 5) is 16.6. The van der Waals surface area contributed by atoms with Gasteiger partial charge in [0.1, 0.15) is 5.69 Å². The van der Waals surface area contributed by atoms with E-state index in [9.17, 15) is 4.79 Å². The van der Waals surface area contributed by atoms with Gasteiger partial charge in [0.05, 0.1) is 10.7 Å². The number of anilines is 1. The Bertz CT molecular complexity index is 389. The van der Waals surface area contributed by atoms with E-state index < -0.39 is 5.97 Å². The Hall–Kier alpha value is -1.29. The van der Waals surface area contributed by atoms with Crippen LogP contribution in [0.5, 0.6) is 0 Å². The summed E-state index contributed by atoms with van der Waals surface area (Å²) < 4.78 is 0. The van der Waals surface area contributed by atoms with Crippen LogP contribution in [0.25, 0.3) is 0 Å². The zero-order chi connectivity index (χ0) is 10.8. The van der Waals surface area contributed by atoms with Gasteiger partial charge in [-0.1, -0.05) is 11.6 Å². The van der Waals surface area contributed by atoms with E-state index >= 15 is 0 Å². The Morgan fingerprint density at radius 1 is 1.47 bits per heavy atom. The van der Waals surface area contributed by atoms with Crippen LogP contribution in [0.3, 0.4) is 0 Å². The van der Waals surface area contributed by atoms with Gasteiger partial charge >= 0.3 is 5.97 Å². The minimum atomic E-state index is -1.02. The van der Waals surface area contributed by atoms with E-state index in [-0.39, 0.29) is 5.69 Å². The second-order valence-electron chi connectivity index (χ2n) is 3.52. The molecule has 4 nitrogen and oxygen atoms in total. The highest BCUT2D eigenvalue weighted by atomic mass is 35.5. The fourth-order valence-electron chi connectivity index (χ4n) is 1.75. The van der Waals surface area contributed by atoms with Crippen LogP contribution in [0.15, 0.2) is 12.3 Å². The molecule has 5 heteroatoms. The zero-order valence-corrected chi connectivity index (χ0v) is 8.87. The van der Waals surface area contributed by atoms with E-state index in [1.54, 1.807) is 0 Å². The summed E-state index contributed by atoms with van der Waals surface area (Å²) in [6.07, 6.45) is 3.65. The van der Waals surface area contributed by atoms with Crippen LogP contribution in [-0.2, 0) is 0 Å². The lowest BCUT2D eigenvalue weighted by Gasteiger charge is -2.18. The molecule has 1 aromatic heterocycles. The Morgan fingerprint density at radius 2 is 2.13 bits per heavy atom. The van der Waals surface area contributed by atoms with Gasteiger partial charge < -0.3 is 10.0 Å². The number of hydrogen-bond acceptors (Lipinski definition) is 3. The van der Waals surface area contributed by atoms with Gasteiger partial charge in [-0.05, 0) is 18.9 Å². The molecule has 1 saturated heterocycles. The van der Waals surface area contributed by atoms with Crippen LogP contribution in [-0.4, -0.2) is 29.1 Å². The normalized spacial score (nSPS) is 15.7. The predicted octanol–water partition coefficient (Wildman–Crippen LogP) is 2.03. The van der Waals surface area contributed by atoms with Crippen LogP contribution in [0.2, 0.25) is 5.02 Å². The highest BCUT2D eigenvalue weighted by Gasteiger charge is 2.17. The molecule has 1 N–H and O–H groups in total. The molecule has 0 amide bonds. The van der Waals surface area contributed by atoms with Gasteiger partial charge in [0.2, 0.25) is 0 Å². The lowest BCUT2D eigenvalue weighted by atomic mass is 10.3. The number of rotatable bonds is 2. The third kappa shape index (κ3) is 2.04. The number of aromatic nitrogens is 1. The number of carboxylic acid groups (broad SMARTS) is 1. The van der Waals surface area contributed by atoms with Crippen molar-refractivity contribution in [3.8, 4) is 0 Å². The van der Waals surface area contributed by atoms with Crippen molar-refractivity contribution in [2.24, 2.45) is 0 Å². The summed E-state index contributed by atoms with van der Waals surface area (Å²) in [7, 11) is 0. The molecule has 0 unspecified atom stereocenters. The molecule has 0 atom stereocenters. The van der Waals surface area contributed by atoms with Crippen molar-refractivity contribution in [2.75, 3.05) is 18.0 Å². The van der Waals surface area contributed by atoms with Crippen LogP contribution in [0.4, 0.5) is 5.69 Å². The Balaban J connectivity index is 2.35. The first-order chi connectivity index (χ1) is 7.18. The topological polar surface area (TPSA) is 53.4 Å². The van der Waals surface area contributed by atoms with Crippen molar-refractivity contribution in [1.29, 1.82) is 0 Å². The summed E-state index contributed by atoms with van der Waals surface area (Å²) in [5.74, 6) is -1.02. The number of aromatic carboxylic acids is 1. The third-order valence-electron chi connectivity index (χ3n) is 2.50. The smallest absolute Gasteiger partial charge is 0.354 e. The van der Waals surface area contributed by atoms with Gasteiger partial charge in [0.15, 0.2) is 0 Å². The second kappa shape index (κ2) is 4.06. The molecule has 1 aliphatic rings. The molecular weight excluding hydrogens is 216 g/mol. The van der Waals surface area contributed by atoms with Crippen molar-refractivity contribution in [3.05, 3.63) is 23.0 Å². The first-order valence-electron chi connectivity index (χ1n) is 4.82. The molecular formula is C10H11ClN2O2. The molecule has 2 heterocycles. The standard InChI is InChI=1S/C10H11ClN2O2/c11-7-6-12-8(10(14)15)5-9(7)13-3-1-2-4-13/h5-6H,1-4H2,(H,14,15). The number of halogens is 1. The average molecular weight is 227 g/mol. The molecule has 1 aromatic rings. The maximum Gasteiger partial charge on any atom is 0.354 e. The van der Waals surface area contributed by atoms with Gasteiger partial charge in [0.25, 0.3) is 0 Å². The van der Waals surface area contributed by atoms with Gasteiger partial charge in [-0.2, -0.15) is 0 Å². The minimum Gasteiger partial charge on any atom is -0.477 e. The summed E-state index contributed by atoms with van der Waals surface area (Å²) in [6.45, 7) is 1.87. The van der Waals surface area contributed by atoms with Gasteiger partial charge in [0, 0.05) is 19.3 Å². The summed E-state index contributed by atoms with van der Waals surface area (Å²) in [5.41, 5.74) is 0.822. The number of pyridine rings is 1. The second-order valence-corrected chi connectivity index (χ2v) is 3.93. The Labute approximate surface area is 92.5 Å². The SMILES string of the molecule is O=C(O)c1cc(N2CCCC2)c(Cl)cn1. The third-order valence-corrected chi connectivity index (χ3v) is 2.79. The van der Waals surface area contributed by atoms with E-state index in [4.69, 9.17) is 16.7 Å². The summed E-state index contributed by atoms with van der Waals surface area (Å²) in [5, 5.41) is 9.33. The molecule has 0 bridgehead atoms. The van der Waals surface area contributed by atoms with Crippen molar-refractivity contribution in [2.45, 2.75) is 12.8 Å². The van der Waals surface area contributed by atoms with Crippen LogP contribution in [0.1, 0.15) is 23.3 Å². The van der Waals surface area contributed by atoms with Crippen molar-refractivity contribution >= 4 is 23.3 Å². The number of carboxylic acids is 1. The Kier molecular flexibility index (Phi) is 2.77.